The first kappa shape index (κ1) is 90.2. The van der Waals surface area contributed by atoms with Gasteiger partial charge in [0.25, 0.3) is 0 Å². The summed E-state index contributed by atoms with van der Waals surface area (Å²) in [6.45, 7) is 11.9. The van der Waals surface area contributed by atoms with E-state index >= 15 is 0 Å². The summed E-state index contributed by atoms with van der Waals surface area (Å²) >= 11 is 0. The maximum absolute atomic E-state index is 2.51. The van der Waals surface area contributed by atoms with Crippen molar-refractivity contribution in [2.75, 3.05) is 14.7 Å². The van der Waals surface area contributed by atoms with Gasteiger partial charge < -0.3 is 14.7 Å². The number of rotatable bonds is 15. The zero-order valence-corrected chi connectivity index (χ0v) is 84.5. The molecule has 25 aromatic carbocycles. The summed E-state index contributed by atoms with van der Waals surface area (Å²) in [5, 5.41) is 15.3. The molecule has 0 fully saturated rings. The number of fused-ring (bicyclic) bond motifs is 24. The average molecular weight is 1920 g/mol. The van der Waals surface area contributed by atoms with Crippen molar-refractivity contribution in [3.63, 3.8) is 0 Å². The van der Waals surface area contributed by atoms with E-state index < -0.39 is 0 Å². The Labute approximate surface area is 877 Å². The van der Waals surface area contributed by atoms with E-state index in [1.54, 1.807) is 0 Å². The molecule has 3 atom stereocenters. The summed E-state index contributed by atoms with van der Waals surface area (Å²) in [4.78, 5) is 7.46. The number of benzene rings is 25. The molecular weight excluding hydrogens is 1810 g/mol. The molecule has 29 rings (SSSR count). The standard InChI is InChI=1S/2C50H35N.C47H37N/c1-50(35-19-6-3-7-20-35)45-27-14-12-26-43(45)49-46(50)28-16-30-48(49)51(47-29-15-13-21-37(47)34-17-4-2-5-18-34)36-31-32-42-40-24-9-8-22-38(40)39-23-10-11-25-41(39)44(42)33-36;1-50(36-17-6-3-7-18-36)46-24-13-12-23-44(46)49-47(50)25-14-26-48(49)51(37-29-27-35(28-30-37)34-15-4-2-5-16-34)38-31-32-43-41-21-9-8-19-39(41)40-20-10-11-22-42(40)45(43)33-38;1-46(2)41-23-13-10-21-37(41)39-28-26-35(31-44(39)46)48(45-25-15-12-20-36(45)32-16-6-4-7-17-32)34-27-29-43-40(30-34)38-22-11-14-24-42(38)47(43,3)33-18-8-5-9-19-33/h2*2-33H,1H3;4-31H,1-3H3. The number of hydrogen-bond acceptors (Lipinski definition) is 3. The summed E-state index contributed by atoms with van der Waals surface area (Å²) < 4.78 is 0. The van der Waals surface area contributed by atoms with Crippen LogP contribution in [0.15, 0.2) is 558 Å². The maximum atomic E-state index is 2.51. The smallest absolute Gasteiger partial charge is 0.0543 e. The van der Waals surface area contributed by atoms with Gasteiger partial charge >= 0.3 is 0 Å². The molecule has 3 unspecified atom stereocenters. The molecule has 0 N–H and O–H groups in total. The second-order valence-corrected chi connectivity index (χ2v) is 41.5. The summed E-state index contributed by atoms with van der Waals surface area (Å²) in [7, 11) is 0. The third-order valence-electron chi connectivity index (χ3n) is 33.2. The second-order valence-electron chi connectivity index (χ2n) is 41.5. The van der Waals surface area contributed by atoms with Crippen molar-refractivity contribution in [2.45, 2.75) is 56.3 Å². The Kier molecular flexibility index (Phi) is 22.0. The summed E-state index contributed by atoms with van der Waals surface area (Å²) in [6.07, 6.45) is 0. The van der Waals surface area contributed by atoms with Crippen molar-refractivity contribution >= 4 is 116 Å². The molecule has 4 aliphatic carbocycles. The molecule has 150 heavy (non-hydrogen) atoms. The van der Waals surface area contributed by atoms with Crippen LogP contribution in [0.4, 0.5) is 51.2 Å². The quantitative estimate of drug-likeness (QED) is 0.0947. The molecule has 0 bridgehead atoms. The fraction of sp³-hybridized carbons (Fsp3) is 0.0612. The van der Waals surface area contributed by atoms with Gasteiger partial charge in [-0.25, -0.2) is 0 Å². The SMILES string of the molecule is CC1(C)c2ccccc2-c2ccc(N(c3ccc4c(c3)-c3ccccc3C4(C)c3ccccc3)c3ccccc3-c3ccccc3)cc21.CC1(c2ccccc2)c2ccccc2-c2c(N(c3ccc(-c4ccccc4)cc3)c3ccc4c5ccccc5c5ccccc5c4c3)cccc21.CC1(c2ccccc2)c2ccccc2-c2c(N(c3ccc4c5ccccc5c5ccccc5c4c3)c3ccccc3-c3ccccc3)cccc21. The molecule has 0 aliphatic heterocycles. The van der Waals surface area contributed by atoms with Gasteiger partial charge in [-0.15, -0.1) is 0 Å². The highest BCUT2D eigenvalue weighted by molar-refractivity contribution is 6.27. The zero-order chi connectivity index (χ0) is 100. The van der Waals surface area contributed by atoms with Crippen LogP contribution in [0.3, 0.4) is 0 Å². The predicted molar refractivity (Wildman–Crippen MR) is 635 cm³/mol. The van der Waals surface area contributed by atoms with Crippen molar-refractivity contribution in [3.8, 4) is 77.9 Å². The molecule has 3 nitrogen and oxygen atoms in total. The van der Waals surface area contributed by atoms with Crippen LogP contribution in [-0.4, -0.2) is 0 Å². The van der Waals surface area contributed by atoms with Gasteiger partial charge in [-0.3, -0.25) is 0 Å². The molecule has 25 aromatic rings. The Morgan fingerprint density at radius 3 is 0.840 bits per heavy atom. The zero-order valence-electron chi connectivity index (χ0n) is 84.5. The maximum Gasteiger partial charge on any atom is 0.0543 e. The van der Waals surface area contributed by atoms with E-state index in [1.807, 2.05) is 0 Å². The minimum atomic E-state index is -0.299. The molecule has 710 valence electrons. The number of anilines is 9. The Morgan fingerprint density at radius 1 is 0.133 bits per heavy atom. The van der Waals surface area contributed by atoms with Gasteiger partial charge in [-0.2, -0.15) is 0 Å². The van der Waals surface area contributed by atoms with Crippen molar-refractivity contribution in [1.82, 2.24) is 0 Å². The fourth-order valence-electron chi connectivity index (χ4n) is 26.0. The van der Waals surface area contributed by atoms with Crippen molar-refractivity contribution in [1.29, 1.82) is 0 Å². The Hall–Kier alpha value is -18.5. The summed E-state index contributed by atoms with van der Waals surface area (Å²) in [5.74, 6) is 0. The van der Waals surface area contributed by atoms with Crippen LogP contribution < -0.4 is 14.7 Å². The van der Waals surface area contributed by atoms with Gasteiger partial charge in [0.15, 0.2) is 0 Å². The average Bonchev–Trinajstić information content (AvgIpc) is 1.55. The van der Waals surface area contributed by atoms with Crippen LogP contribution in [0.5, 0.6) is 0 Å². The normalized spacial score (nSPS) is 15.4. The highest BCUT2D eigenvalue weighted by Gasteiger charge is 2.47. The molecule has 4 aliphatic rings. The first-order valence-electron chi connectivity index (χ1n) is 52.5. The number of nitrogens with zero attached hydrogens (tertiary/aromatic N) is 3. The Morgan fingerprint density at radius 2 is 0.393 bits per heavy atom. The minimum absolute atomic E-state index is 0.0963. The Balaban J connectivity index is 0.000000111. The largest absolute Gasteiger partial charge is 0.310 e. The lowest BCUT2D eigenvalue weighted by molar-refractivity contribution is 0.660. The van der Waals surface area contributed by atoms with Gasteiger partial charge in [-0.05, 0) is 287 Å². The van der Waals surface area contributed by atoms with Gasteiger partial charge in [0.05, 0.1) is 22.7 Å². The first-order chi connectivity index (χ1) is 73.9. The minimum Gasteiger partial charge on any atom is -0.310 e. The topological polar surface area (TPSA) is 9.72 Å². The monoisotopic (exact) mass is 1910 g/mol. The van der Waals surface area contributed by atoms with Crippen LogP contribution in [0.2, 0.25) is 0 Å². The molecule has 0 amide bonds. The second kappa shape index (κ2) is 36.6. The van der Waals surface area contributed by atoms with Crippen molar-refractivity contribution < 1.29 is 0 Å². The summed E-state index contributed by atoms with van der Waals surface area (Å²) in [5.41, 5.74) is 41.8. The van der Waals surface area contributed by atoms with E-state index in [-0.39, 0.29) is 21.7 Å². The van der Waals surface area contributed by atoms with E-state index in [0.29, 0.717) is 0 Å². The summed E-state index contributed by atoms with van der Waals surface area (Å²) in [6, 6.07) is 205. The fourth-order valence-corrected chi connectivity index (χ4v) is 26.0. The van der Waals surface area contributed by atoms with Crippen LogP contribution in [0.25, 0.3) is 143 Å². The lowest BCUT2D eigenvalue weighted by Gasteiger charge is -2.32. The van der Waals surface area contributed by atoms with Gasteiger partial charge in [0.1, 0.15) is 0 Å². The predicted octanol–water partition coefficient (Wildman–Crippen LogP) is 39.7. The third kappa shape index (κ3) is 14.5. The van der Waals surface area contributed by atoms with Crippen molar-refractivity contribution in [3.05, 3.63) is 619 Å². The third-order valence-corrected chi connectivity index (χ3v) is 33.2. The molecule has 0 heterocycles. The molecule has 0 saturated carbocycles. The molecule has 0 spiro atoms. The number of hydrogen-bond donors (Lipinski definition) is 0. The molecule has 0 radical (unpaired) electrons. The van der Waals surface area contributed by atoms with Gasteiger partial charge in [-0.1, -0.05) is 487 Å². The lowest BCUT2D eigenvalue weighted by Crippen LogP contribution is -2.22. The lowest BCUT2D eigenvalue weighted by atomic mass is 9.74. The van der Waals surface area contributed by atoms with Crippen LogP contribution >= 0.6 is 0 Å². The first-order valence-corrected chi connectivity index (χ1v) is 52.5. The van der Waals surface area contributed by atoms with Gasteiger partial charge in [0.2, 0.25) is 0 Å². The van der Waals surface area contributed by atoms with Crippen LogP contribution in [-0.2, 0) is 21.7 Å². The Bertz CT molecular complexity index is 9520. The van der Waals surface area contributed by atoms with E-state index in [1.165, 1.54) is 215 Å². The van der Waals surface area contributed by atoms with E-state index in [9.17, 15) is 0 Å². The van der Waals surface area contributed by atoms with E-state index in [0.717, 1.165) is 39.8 Å². The van der Waals surface area contributed by atoms with E-state index in [4.69, 9.17) is 0 Å². The van der Waals surface area contributed by atoms with Crippen LogP contribution in [0, 0.1) is 0 Å². The highest BCUT2D eigenvalue weighted by Crippen LogP contribution is 2.62. The molecule has 0 aromatic heterocycles. The van der Waals surface area contributed by atoms with E-state index in [2.05, 4.69) is 607 Å². The molecular formula is C147H107N3. The molecule has 0 saturated heterocycles. The number of para-hydroxylation sites is 2. The molecule has 3 heteroatoms. The van der Waals surface area contributed by atoms with Crippen molar-refractivity contribution in [2.24, 2.45) is 0 Å². The van der Waals surface area contributed by atoms with Crippen LogP contribution in [0.1, 0.15) is 95.8 Å². The highest BCUT2D eigenvalue weighted by atomic mass is 15.2. The van der Waals surface area contributed by atoms with Gasteiger partial charge in [0, 0.05) is 72.4 Å².